The van der Waals surface area contributed by atoms with Crippen LogP contribution in [0.15, 0.2) is 35.8 Å². The second-order valence-corrected chi connectivity index (χ2v) is 5.28. The number of nitrogens with one attached hydrogen (secondary N) is 1. The van der Waals surface area contributed by atoms with Crippen LogP contribution in [-0.4, -0.2) is 40.0 Å². The average Bonchev–Trinajstić information content (AvgIpc) is 3.18. The standard InChI is InChI=1S/C15H15N5O3/c1-22-14-10-6-20-7-13(21)18-15(20)17-11(10)2-3-12(14)23-9-19-5-4-16-8-19/h2-5,8H,6-7,9H2,1H3,(H,17,18,21). The molecule has 0 saturated carbocycles. The van der Waals surface area contributed by atoms with E-state index in [9.17, 15) is 4.79 Å². The number of aliphatic imine (C=N–C) groups is 1. The molecule has 1 aromatic heterocycles. The first-order chi connectivity index (χ1) is 11.2. The summed E-state index contributed by atoms with van der Waals surface area (Å²) in [7, 11) is 1.60. The third-order valence-corrected chi connectivity index (χ3v) is 3.79. The lowest BCUT2D eigenvalue weighted by molar-refractivity contribution is -0.118. The Labute approximate surface area is 132 Å². The van der Waals surface area contributed by atoms with Crippen molar-refractivity contribution in [2.45, 2.75) is 13.3 Å². The maximum Gasteiger partial charge on any atom is 0.246 e. The van der Waals surface area contributed by atoms with E-state index in [2.05, 4.69) is 15.3 Å². The molecule has 0 aliphatic carbocycles. The molecule has 1 aromatic carbocycles. The molecule has 118 valence electrons. The van der Waals surface area contributed by atoms with Crippen LogP contribution in [0, 0.1) is 0 Å². The molecular formula is C15H15N5O3. The van der Waals surface area contributed by atoms with Gasteiger partial charge in [-0.2, -0.15) is 0 Å². The Morgan fingerprint density at radius 3 is 3.04 bits per heavy atom. The number of carbonyl (C=O) groups is 1. The van der Waals surface area contributed by atoms with E-state index in [1.165, 1.54) is 0 Å². The van der Waals surface area contributed by atoms with Crippen LogP contribution in [0.1, 0.15) is 5.56 Å². The van der Waals surface area contributed by atoms with Crippen molar-refractivity contribution in [3.63, 3.8) is 0 Å². The van der Waals surface area contributed by atoms with Gasteiger partial charge in [-0.3, -0.25) is 10.1 Å². The molecule has 1 amide bonds. The Morgan fingerprint density at radius 2 is 2.26 bits per heavy atom. The van der Waals surface area contributed by atoms with Crippen molar-refractivity contribution < 1.29 is 14.3 Å². The van der Waals surface area contributed by atoms with Gasteiger partial charge in [0, 0.05) is 18.0 Å². The molecule has 1 saturated heterocycles. The summed E-state index contributed by atoms with van der Waals surface area (Å²) in [6, 6.07) is 3.70. The lowest BCUT2D eigenvalue weighted by Gasteiger charge is -2.25. The van der Waals surface area contributed by atoms with Crippen molar-refractivity contribution >= 4 is 17.6 Å². The zero-order valence-electron chi connectivity index (χ0n) is 12.5. The fraction of sp³-hybridized carbons (Fsp3) is 0.267. The molecule has 8 heteroatoms. The molecule has 23 heavy (non-hydrogen) atoms. The fourth-order valence-electron chi connectivity index (χ4n) is 2.72. The summed E-state index contributed by atoms with van der Waals surface area (Å²) >= 11 is 0. The molecule has 0 unspecified atom stereocenters. The lowest BCUT2D eigenvalue weighted by Crippen LogP contribution is -2.32. The van der Waals surface area contributed by atoms with Gasteiger partial charge in [0.1, 0.15) is 6.54 Å². The van der Waals surface area contributed by atoms with Gasteiger partial charge < -0.3 is 18.9 Å². The normalized spacial score (nSPS) is 15.6. The minimum absolute atomic E-state index is 0.0490. The number of carbonyl (C=O) groups excluding carboxylic acids is 1. The summed E-state index contributed by atoms with van der Waals surface area (Å²) in [6.07, 6.45) is 5.20. The van der Waals surface area contributed by atoms with E-state index in [-0.39, 0.29) is 5.91 Å². The predicted molar refractivity (Wildman–Crippen MR) is 81.5 cm³/mol. The molecule has 1 fully saturated rings. The van der Waals surface area contributed by atoms with Gasteiger partial charge >= 0.3 is 0 Å². The quantitative estimate of drug-likeness (QED) is 0.905. The van der Waals surface area contributed by atoms with Gasteiger partial charge in [-0.25, -0.2) is 9.98 Å². The average molecular weight is 313 g/mol. The van der Waals surface area contributed by atoms with Crippen molar-refractivity contribution in [3.05, 3.63) is 36.4 Å². The van der Waals surface area contributed by atoms with Gasteiger partial charge in [0.05, 0.1) is 25.7 Å². The third-order valence-electron chi connectivity index (χ3n) is 3.79. The van der Waals surface area contributed by atoms with Crippen LogP contribution < -0.4 is 14.8 Å². The minimum atomic E-state index is -0.0490. The number of nitrogens with zero attached hydrogens (tertiary/aromatic N) is 4. The van der Waals surface area contributed by atoms with Crippen LogP contribution in [0.4, 0.5) is 5.69 Å². The van der Waals surface area contributed by atoms with Crippen molar-refractivity contribution in [3.8, 4) is 11.5 Å². The second-order valence-electron chi connectivity index (χ2n) is 5.28. The Bertz CT molecular complexity index is 785. The number of benzene rings is 1. The van der Waals surface area contributed by atoms with Gasteiger partial charge in [-0.15, -0.1) is 0 Å². The summed E-state index contributed by atoms with van der Waals surface area (Å²) in [5.74, 6) is 1.82. The number of aromatic nitrogens is 2. The van der Waals surface area contributed by atoms with Gasteiger partial charge in [0.2, 0.25) is 11.9 Å². The van der Waals surface area contributed by atoms with Crippen LogP contribution in [0.5, 0.6) is 11.5 Å². The smallest absolute Gasteiger partial charge is 0.246 e. The number of ether oxygens (including phenoxy) is 2. The molecule has 0 radical (unpaired) electrons. The largest absolute Gasteiger partial charge is 0.492 e. The van der Waals surface area contributed by atoms with Crippen LogP contribution in [-0.2, 0) is 18.1 Å². The van der Waals surface area contributed by atoms with Crippen LogP contribution in [0.25, 0.3) is 0 Å². The third kappa shape index (κ3) is 2.37. The maximum atomic E-state index is 11.5. The van der Waals surface area contributed by atoms with Crippen LogP contribution >= 0.6 is 0 Å². The number of imidazole rings is 1. The summed E-state index contributed by atoms with van der Waals surface area (Å²) in [6.45, 7) is 1.20. The topological polar surface area (TPSA) is 81.0 Å². The maximum absolute atomic E-state index is 11.5. The first kappa shape index (κ1) is 13.6. The highest BCUT2D eigenvalue weighted by Gasteiger charge is 2.31. The van der Waals surface area contributed by atoms with E-state index in [4.69, 9.17) is 9.47 Å². The van der Waals surface area contributed by atoms with E-state index in [1.54, 1.807) is 19.6 Å². The molecule has 2 aromatic rings. The summed E-state index contributed by atoms with van der Waals surface area (Å²) in [5.41, 5.74) is 1.70. The molecule has 2 aliphatic heterocycles. The van der Waals surface area contributed by atoms with Crippen molar-refractivity contribution in [2.24, 2.45) is 4.99 Å². The van der Waals surface area contributed by atoms with Gasteiger partial charge in [-0.1, -0.05) is 0 Å². The second kappa shape index (κ2) is 5.31. The zero-order chi connectivity index (χ0) is 15.8. The molecule has 8 nitrogen and oxygen atoms in total. The summed E-state index contributed by atoms with van der Waals surface area (Å²) in [5, 5.41) is 2.75. The molecule has 0 atom stereocenters. The van der Waals surface area contributed by atoms with E-state index in [0.29, 0.717) is 37.3 Å². The molecule has 2 aliphatic rings. The number of amides is 1. The van der Waals surface area contributed by atoms with Crippen molar-refractivity contribution in [2.75, 3.05) is 13.7 Å². The van der Waals surface area contributed by atoms with E-state index in [1.807, 2.05) is 27.8 Å². The number of fused-ring (bicyclic) bond motifs is 2. The SMILES string of the molecule is COc1c(OCn2ccnc2)ccc2c1CN1CC(=O)NC1=N2. The fourth-order valence-corrected chi connectivity index (χ4v) is 2.72. The number of hydrogen-bond acceptors (Lipinski definition) is 6. The van der Waals surface area contributed by atoms with E-state index >= 15 is 0 Å². The van der Waals surface area contributed by atoms with Crippen LogP contribution in [0.2, 0.25) is 0 Å². The number of hydrogen-bond donors (Lipinski definition) is 1. The molecule has 0 bridgehead atoms. The van der Waals surface area contributed by atoms with E-state index < -0.39 is 0 Å². The van der Waals surface area contributed by atoms with Crippen molar-refractivity contribution in [1.29, 1.82) is 0 Å². The summed E-state index contributed by atoms with van der Waals surface area (Å²) < 4.78 is 13.2. The number of rotatable bonds is 4. The summed E-state index contributed by atoms with van der Waals surface area (Å²) in [4.78, 5) is 21.9. The Morgan fingerprint density at radius 1 is 1.35 bits per heavy atom. The first-order valence-electron chi connectivity index (χ1n) is 7.16. The van der Waals surface area contributed by atoms with E-state index in [0.717, 1.165) is 11.3 Å². The molecule has 0 spiro atoms. The number of guanidine groups is 1. The number of methoxy groups -OCH3 is 1. The van der Waals surface area contributed by atoms with Crippen LogP contribution in [0.3, 0.4) is 0 Å². The highest BCUT2D eigenvalue weighted by Crippen LogP contribution is 2.40. The monoisotopic (exact) mass is 313 g/mol. The molecule has 3 heterocycles. The lowest BCUT2D eigenvalue weighted by atomic mass is 10.1. The molecule has 4 rings (SSSR count). The molecule has 1 N–H and O–H groups in total. The Hall–Kier alpha value is -3.03. The first-order valence-corrected chi connectivity index (χ1v) is 7.16. The predicted octanol–water partition coefficient (Wildman–Crippen LogP) is 0.861. The zero-order valence-corrected chi connectivity index (χ0v) is 12.5. The highest BCUT2D eigenvalue weighted by atomic mass is 16.5. The minimum Gasteiger partial charge on any atom is -0.492 e. The Balaban J connectivity index is 1.64. The van der Waals surface area contributed by atoms with Gasteiger partial charge in [-0.05, 0) is 12.1 Å². The van der Waals surface area contributed by atoms with Gasteiger partial charge in [0.15, 0.2) is 18.2 Å². The Kier molecular flexibility index (Phi) is 3.14. The highest BCUT2D eigenvalue weighted by molar-refractivity contribution is 6.06. The molecular weight excluding hydrogens is 298 g/mol. The van der Waals surface area contributed by atoms with Crippen molar-refractivity contribution in [1.82, 2.24) is 19.8 Å². The van der Waals surface area contributed by atoms with Gasteiger partial charge in [0.25, 0.3) is 0 Å².